The molecule has 2 aromatic carbocycles. The zero-order valence-corrected chi connectivity index (χ0v) is 27.1. The number of carbonyl (C=O) groups excluding carboxylic acids is 2. The first-order valence-electron chi connectivity index (χ1n) is 16.4. The number of nitrogens with one attached hydrogen (secondary N) is 2. The molecule has 49 heavy (non-hydrogen) atoms. The molecule has 0 spiro atoms. The van der Waals surface area contributed by atoms with Crippen molar-refractivity contribution in [2.24, 2.45) is 0 Å². The minimum Gasteiger partial charge on any atom is -0.491 e. The molecule has 0 radical (unpaired) electrons. The van der Waals surface area contributed by atoms with Gasteiger partial charge in [-0.05, 0) is 84.6 Å². The van der Waals surface area contributed by atoms with E-state index in [1.54, 1.807) is 0 Å². The van der Waals surface area contributed by atoms with E-state index in [9.17, 15) is 9.59 Å². The molecule has 6 rings (SSSR count). The van der Waals surface area contributed by atoms with Gasteiger partial charge in [-0.2, -0.15) is 9.59 Å². The maximum atomic E-state index is 12.2. The fourth-order valence-corrected chi connectivity index (χ4v) is 5.23. The Hall–Kier alpha value is -5.00. The van der Waals surface area contributed by atoms with Crippen LogP contribution >= 0.6 is 0 Å². The first kappa shape index (κ1) is 33.9. The fourth-order valence-electron chi connectivity index (χ4n) is 5.23. The minimum atomic E-state index is -0.187. The van der Waals surface area contributed by atoms with Crippen molar-refractivity contribution in [2.75, 3.05) is 52.7 Å². The molecule has 260 valence electrons. The Bertz CT molecular complexity index is 1500. The van der Waals surface area contributed by atoms with Gasteiger partial charge in [-0.15, -0.1) is 20.4 Å². The third-order valence-corrected chi connectivity index (χ3v) is 7.80. The van der Waals surface area contributed by atoms with Crippen molar-refractivity contribution >= 4 is 11.8 Å². The maximum absolute atomic E-state index is 12.2. The third-order valence-electron chi connectivity index (χ3n) is 7.80. The zero-order valence-electron chi connectivity index (χ0n) is 27.1. The van der Waals surface area contributed by atoms with E-state index in [4.69, 9.17) is 23.7 Å². The van der Waals surface area contributed by atoms with Crippen LogP contribution in [0.4, 0.5) is 0 Å². The summed E-state index contributed by atoms with van der Waals surface area (Å²) in [5.41, 5.74) is 1.51. The van der Waals surface area contributed by atoms with E-state index in [2.05, 4.69) is 41.5 Å². The van der Waals surface area contributed by atoms with E-state index in [0.717, 1.165) is 50.0 Å². The number of benzene rings is 2. The second-order valence-electron chi connectivity index (χ2n) is 11.5. The largest absolute Gasteiger partial charge is 0.491 e. The predicted octanol–water partition coefficient (Wildman–Crippen LogP) is 1.06. The third kappa shape index (κ3) is 10.5. The van der Waals surface area contributed by atoms with Crippen LogP contribution in [0.15, 0.2) is 48.5 Å². The Balaban J connectivity index is 0.827. The fraction of sp³-hybridized carbons (Fsp3) is 0.500. The molecule has 0 bridgehead atoms. The van der Waals surface area contributed by atoms with Crippen LogP contribution in [0.5, 0.6) is 11.5 Å². The monoisotopic (exact) mass is 676 g/mol. The molecule has 2 atom stereocenters. The van der Waals surface area contributed by atoms with E-state index >= 15 is 0 Å². The number of tetrazole rings is 2. The average molecular weight is 677 g/mol. The van der Waals surface area contributed by atoms with Gasteiger partial charge in [0.2, 0.25) is 23.5 Å². The van der Waals surface area contributed by atoms with Gasteiger partial charge in [-0.3, -0.25) is 9.59 Å². The highest BCUT2D eigenvalue weighted by molar-refractivity contribution is 5.76. The van der Waals surface area contributed by atoms with Gasteiger partial charge in [-0.25, -0.2) is 0 Å². The highest BCUT2D eigenvalue weighted by atomic mass is 16.5. The second-order valence-corrected chi connectivity index (χ2v) is 11.5. The molecule has 2 fully saturated rings. The summed E-state index contributed by atoms with van der Waals surface area (Å²) in [4.78, 5) is 26.9. The summed E-state index contributed by atoms with van der Waals surface area (Å²) in [6.07, 6.45) is 4.13. The quantitative estimate of drug-likeness (QED) is 0.142. The molecular weight excluding hydrogens is 636 g/mol. The van der Waals surface area contributed by atoms with Crippen LogP contribution in [0.2, 0.25) is 0 Å². The Morgan fingerprint density at radius 1 is 0.673 bits per heavy atom. The van der Waals surface area contributed by atoms with Crippen molar-refractivity contribution in [1.82, 2.24) is 51.0 Å². The highest BCUT2D eigenvalue weighted by Gasteiger charge is 2.18. The molecule has 2 N–H and O–H groups in total. The van der Waals surface area contributed by atoms with Gasteiger partial charge in [0.15, 0.2) is 0 Å². The first-order chi connectivity index (χ1) is 24.1. The Kier molecular flexibility index (Phi) is 12.0. The van der Waals surface area contributed by atoms with E-state index in [1.807, 2.05) is 48.5 Å². The number of amides is 2. The van der Waals surface area contributed by atoms with Crippen molar-refractivity contribution in [1.29, 1.82) is 0 Å². The number of rotatable bonds is 18. The van der Waals surface area contributed by atoms with Gasteiger partial charge in [0.1, 0.15) is 37.8 Å². The molecule has 2 saturated heterocycles. The second kappa shape index (κ2) is 17.4. The smallest absolute Gasteiger partial charge is 0.243 e. The number of carbonyl (C=O) groups is 2. The summed E-state index contributed by atoms with van der Waals surface area (Å²) >= 11 is 0. The van der Waals surface area contributed by atoms with E-state index in [1.165, 1.54) is 9.59 Å². The number of nitrogens with zero attached hydrogens (tertiary/aromatic N) is 8. The molecular formula is C32H40N10O7. The normalized spacial score (nSPS) is 17.2. The van der Waals surface area contributed by atoms with Gasteiger partial charge in [0.25, 0.3) is 0 Å². The Labute approximate surface area is 282 Å². The van der Waals surface area contributed by atoms with Crippen molar-refractivity contribution in [3.05, 3.63) is 48.5 Å². The van der Waals surface area contributed by atoms with E-state index < -0.39 is 0 Å². The number of hydrogen-bond donors (Lipinski definition) is 2. The number of aromatic nitrogens is 8. The molecule has 2 amide bonds. The van der Waals surface area contributed by atoms with E-state index in [-0.39, 0.29) is 37.1 Å². The van der Waals surface area contributed by atoms with Crippen LogP contribution in [0.1, 0.15) is 25.7 Å². The first-order valence-corrected chi connectivity index (χ1v) is 16.4. The Morgan fingerprint density at radius 2 is 1.12 bits per heavy atom. The van der Waals surface area contributed by atoms with Crippen LogP contribution in [0.25, 0.3) is 22.8 Å². The average Bonchev–Trinajstić information content (AvgIpc) is 3.96. The van der Waals surface area contributed by atoms with Gasteiger partial charge < -0.3 is 34.3 Å². The lowest BCUT2D eigenvalue weighted by molar-refractivity contribution is -0.123. The van der Waals surface area contributed by atoms with Crippen molar-refractivity contribution in [2.45, 2.75) is 51.0 Å². The van der Waals surface area contributed by atoms with Gasteiger partial charge in [0, 0.05) is 37.4 Å². The molecule has 17 nitrogen and oxygen atoms in total. The summed E-state index contributed by atoms with van der Waals surface area (Å²) in [6, 6.07) is 14.6. The van der Waals surface area contributed by atoms with Crippen molar-refractivity contribution < 1.29 is 33.3 Å². The molecule has 4 aromatic rings. The van der Waals surface area contributed by atoms with Crippen LogP contribution in [0.3, 0.4) is 0 Å². The van der Waals surface area contributed by atoms with Crippen molar-refractivity contribution in [3.63, 3.8) is 0 Å². The maximum Gasteiger partial charge on any atom is 0.243 e. The van der Waals surface area contributed by atoms with E-state index in [0.29, 0.717) is 62.7 Å². The molecule has 2 aromatic heterocycles. The topological polar surface area (TPSA) is 192 Å². The van der Waals surface area contributed by atoms with Crippen LogP contribution < -0.4 is 20.1 Å². The number of hydrogen-bond acceptors (Lipinski definition) is 13. The van der Waals surface area contributed by atoms with Gasteiger partial charge in [0.05, 0.1) is 25.4 Å². The molecule has 2 aliphatic heterocycles. The minimum absolute atomic E-state index is 0.0122. The predicted molar refractivity (Wildman–Crippen MR) is 172 cm³/mol. The summed E-state index contributed by atoms with van der Waals surface area (Å²) in [6.45, 7) is 3.97. The van der Waals surface area contributed by atoms with Crippen molar-refractivity contribution in [3.8, 4) is 34.3 Å². The summed E-state index contributed by atoms with van der Waals surface area (Å²) in [5.74, 6) is 1.82. The lowest BCUT2D eigenvalue weighted by Gasteiger charge is -2.10. The molecule has 17 heteroatoms. The molecule has 0 unspecified atom stereocenters. The van der Waals surface area contributed by atoms with Crippen LogP contribution in [0, 0.1) is 0 Å². The standard InChI is InChI=1S/C32H40N10O7/c43-29(33-19-27-3-1-13-46-27)21-41-37-31(35-39-41)23-5-9-25(10-6-23)48-17-15-45-16-18-49-26-11-7-24(8-12-26)32-36-40-42(38-32)22-30(44)34-20-28-4-2-14-47-28/h5-12,27-28H,1-4,13-22H2,(H,33,43)(H,34,44)/t27-,28+. The summed E-state index contributed by atoms with van der Waals surface area (Å²) in [5, 5.41) is 30.4. The molecule has 4 heterocycles. The molecule has 0 saturated carbocycles. The Morgan fingerprint density at radius 3 is 1.53 bits per heavy atom. The molecule has 2 aliphatic rings. The number of ether oxygens (including phenoxy) is 5. The van der Waals surface area contributed by atoms with Crippen LogP contribution in [-0.2, 0) is 36.9 Å². The summed E-state index contributed by atoms with van der Waals surface area (Å²) in [7, 11) is 0. The summed E-state index contributed by atoms with van der Waals surface area (Å²) < 4.78 is 28.2. The van der Waals surface area contributed by atoms with Gasteiger partial charge >= 0.3 is 0 Å². The lowest BCUT2D eigenvalue weighted by Crippen LogP contribution is -2.34. The van der Waals surface area contributed by atoms with Gasteiger partial charge in [-0.1, -0.05) is 0 Å². The molecule has 0 aliphatic carbocycles. The zero-order chi connectivity index (χ0) is 33.7. The highest BCUT2D eigenvalue weighted by Crippen LogP contribution is 2.20. The lowest BCUT2D eigenvalue weighted by atomic mass is 10.2. The van der Waals surface area contributed by atoms with Crippen LogP contribution in [-0.4, -0.2) is 117 Å². The SMILES string of the molecule is O=C(Cn1nnc(-c2ccc(OCCOCCOc3ccc(-c4nnn(CC(=O)NC[C@@H]5CCCO5)n4)cc3)cc2)n1)NC[C@H]1CCCO1.